The first-order valence-electron chi connectivity index (χ1n) is 8.14. The van der Waals surface area contributed by atoms with E-state index in [1.165, 1.54) is 25.9 Å². The van der Waals surface area contributed by atoms with Crippen molar-refractivity contribution in [2.75, 3.05) is 26.2 Å². The molecule has 1 N–H and O–H groups in total. The zero-order valence-electron chi connectivity index (χ0n) is 13.6. The highest BCUT2D eigenvalue weighted by molar-refractivity contribution is 5.95. The molecule has 0 bridgehead atoms. The molecule has 1 aromatic rings. The predicted octanol–water partition coefficient (Wildman–Crippen LogP) is 3.16. The highest BCUT2D eigenvalue weighted by atomic mass is 16.1. The van der Waals surface area contributed by atoms with Crippen molar-refractivity contribution in [2.45, 2.75) is 40.0 Å². The summed E-state index contributed by atoms with van der Waals surface area (Å²) in [7, 11) is 0. The van der Waals surface area contributed by atoms with Gasteiger partial charge in [-0.1, -0.05) is 24.6 Å². The Morgan fingerprint density at radius 2 is 2.19 bits per heavy atom. The highest BCUT2D eigenvalue weighted by Crippen LogP contribution is 2.15. The second-order valence-corrected chi connectivity index (χ2v) is 6.48. The van der Waals surface area contributed by atoms with Crippen molar-refractivity contribution < 1.29 is 4.79 Å². The lowest BCUT2D eigenvalue weighted by Gasteiger charge is -2.30. The molecule has 1 heterocycles. The van der Waals surface area contributed by atoms with Crippen LogP contribution < -0.4 is 5.32 Å². The Morgan fingerprint density at radius 1 is 1.38 bits per heavy atom. The Balaban J connectivity index is 1.73. The van der Waals surface area contributed by atoms with Crippen molar-refractivity contribution in [3.8, 4) is 0 Å². The molecule has 1 aromatic carbocycles. The van der Waals surface area contributed by atoms with E-state index < -0.39 is 0 Å². The second-order valence-electron chi connectivity index (χ2n) is 6.48. The fourth-order valence-electron chi connectivity index (χ4n) is 3.07. The molecule has 0 spiro atoms. The molecular weight excluding hydrogens is 260 g/mol. The topological polar surface area (TPSA) is 32.3 Å². The van der Waals surface area contributed by atoms with Gasteiger partial charge in [0.15, 0.2) is 0 Å². The Morgan fingerprint density at radius 3 is 2.95 bits per heavy atom. The molecule has 116 valence electrons. The average Bonchev–Trinajstić information content (AvgIpc) is 2.46. The fourth-order valence-corrected chi connectivity index (χ4v) is 3.07. The zero-order chi connectivity index (χ0) is 15.2. The molecule has 0 aliphatic carbocycles. The molecule has 1 aliphatic heterocycles. The molecule has 3 heteroatoms. The minimum atomic E-state index is 0.0585. The number of carbonyl (C=O) groups is 1. The normalized spacial score (nSPS) is 19.5. The van der Waals surface area contributed by atoms with Crippen molar-refractivity contribution in [3.63, 3.8) is 0 Å². The van der Waals surface area contributed by atoms with E-state index in [0.29, 0.717) is 0 Å². The van der Waals surface area contributed by atoms with Crippen molar-refractivity contribution >= 4 is 5.91 Å². The van der Waals surface area contributed by atoms with Gasteiger partial charge < -0.3 is 10.2 Å². The van der Waals surface area contributed by atoms with E-state index >= 15 is 0 Å². The lowest BCUT2D eigenvalue weighted by Crippen LogP contribution is -2.36. The first kappa shape index (κ1) is 16.0. The number of hydrogen-bond donors (Lipinski definition) is 1. The van der Waals surface area contributed by atoms with Gasteiger partial charge in [-0.05, 0) is 63.7 Å². The van der Waals surface area contributed by atoms with E-state index in [4.69, 9.17) is 0 Å². The van der Waals surface area contributed by atoms with E-state index in [-0.39, 0.29) is 5.91 Å². The maximum atomic E-state index is 12.2. The molecule has 0 unspecified atom stereocenters. The first-order chi connectivity index (χ1) is 10.1. The van der Waals surface area contributed by atoms with E-state index in [2.05, 4.69) is 17.1 Å². The Kier molecular flexibility index (Phi) is 5.80. The summed E-state index contributed by atoms with van der Waals surface area (Å²) in [5, 5.41) is 3.05. The van der Waals surface area contributed by atoms with Gasteiger partial charge in [0.25, 0.3) is 5.91 Å². The quantitative estimate of drug-likeness (QED) is 0.844. The fraction of sp³-hybridized carbons (Fsp3) is 0.611. The van der Waals surface area contributed by atoms with Crippen LogP contribution in [-0.2, 0) is 0 Å². The van der Waals surface area contributed by atoms with Gasteiger partial charge in [0, 0.05) is 18.7 Å². The lowest BCUT2D eigenvalue weighted by molar-refractivity contribution is 0.0949. The molecular formula is C18H28N2O. The summed E-state index contributed by atoms with van der Waals surface area (Å²) in [6.07, 6.45) is 3.71. The minimum absolute atomic E-state index is 0.0585. The van der Waals surface area contributed by atoms with Crippen LogP contribution in [0.5, 0.6) is 0 Å². The van der Waals surface area contributed by atoms with Gasteiger partial charge in [0.1, 0.15) is 0 Å². The number of rotatable bonds is 5. The van der Waals surface area contributed by atoms with Gasteiger partial charge >= 0.3 is 0 Å². The molecule has 1 aliphatic rings. The molecule has 1 fully saturated rings. The maximum absolute atomic E-state index is 12.2. The Hall–Kier alpha value is -1.35. The second kappa shape index (κ2) is 7.60. The number of carbonyl (C=O) groups excluding carboxylic acids is 1. The average molecular weight is 288 g/mol. The molecule has 0 saturated carbocycles. The number of nitrogens with one attached hydrogen (secondary N) is 1. The van der Waals surface area contributed by atoms with Crippen LogP contribution in [0, 0.1) is 19.8 Å². The van der Waals surface area contributed by atoms with Crippen LogP contribution in [0.4, 0.5) is 0 Å². The summed E-state index contributed by atoms with van der Waals surface area (Å²) < 4.78 is 0. The number of aryl methyl sites for hydroxylation is 2. The number of amides is 1. The number of benzene rings is 1. The molecule has 1 atom stereocenters. The summed E-state index contributed by atoms with van der Waals surface area (Å²) in [6.45, 7) is 10.6. The molecule has 0 radical (unpaired) electrons. The Labute approximate surface area is 128 Å². The monoisotopic (exact) mass is 288 g/mol. The van der Waals surface area contributed by atoms with Crippen molar-refractivity contribution in [1.82, 2.24) is 10.2 Å². The number of piperidine rings is 1. The molecule has 0 aromatic heterocycles. The van der Waals surface area contributed by atoms with Crippen molar-refractivity contribution in [3.05, 3.63) is 34.9 Å². The highest BCUT2D eigenvalue weighted by Gasteiger charge is 2.15. The van der Waals surface area contributed by atoms with E-state index in [0.717, 1.165) is 42.1 Å². The SMILES string of the molecule is Cc1ccc(C)c(C(=O)NCCCN2CCC[C@@H](C)C2)c1. The third kappa shape index (κ3) is 4.85. The van der Waals surface area contributed by atoms with Gasteiger partial charge in [-0.15, -0.1) is 0 Å². The summed E-state index contributed by atoms with van der Waals surface area (Å²) >= 11 is 0. The van der Waals surface area contributed by atoms with Gasteiger partial charge in [0.05, 0.1) is 0 Å². The summed E-state index contributed by atoms with van der Waals surface area (Å²) in [4.78, 5) is 14.7. The van der Waals surface area contributed by atoms with Crippen LogP contribution >= 0.6 is 0 Å². The molecule has 3 nitrogen and oxygen atoms in total. The number of likely N-dealkylation sites (tertiary alicyclic amines) is 1. The summed E-state index contributed by atoms with van der Waals surface area (Å²) in [6, 6.07) is 6.03. The largest absolute Gasteiger partial charge is 0.352 e. The van der Waals surface area contributed by atoms with Crippen LogP contribution in [0.2, 0.25) is 0 Å². The van der Waals surface area contributed by atoms with E-state index in [1.54, 1.807) is 0 Å². The third-order valence-electron chi connectivity index (χ3n) is 4.32. The smallest absolute Gasteiger partial charge is 0.251 e. The van der Waals surface area contributed by atoms with Crippen molar-refractivity contribution in [1.29, 1.82) is 0 Å². The molecule has 21 heavy (non-hydrogen) atoms. The van der Waals surface area contributed by atoms with E-state index in [9.17, 15) is 4.79 Å². The zero-order valence-corrected chi connectivity index (χ0v) is 13.6. The van der Waals surface area contributed by atoms with Crippen LogP contribution in [-0.4, -0.2) is 37.0 Å². The van der Waals surface area contributed by atoms with Crippen LogP contribution in [0.25, 0.3) is 0 Å². The van der Waals surface area contributed by atoms with Crippen LogP contribution in [0.1, 0.15) is 47.7 Å². The van der Waals surface area contributed by atoms with Gasteiger partial charge in [-0.2, -0.15) is 0 Å². The number of hydrogen-bond acceptors (Lipinski definition) is 2. The number of nitrogens with zero attached hydrogens (tertiary/aromatic N) is 1. The van der Waals surface area contributed by atoms with Gasteiger partial charge in [0.2, 0.25) is 0 Å². The Bertz CT molecular complexity index is 484. The van der Waals surface area contributed by atoms with Gasteiger partial charge in [-0.3, -0.25) is 4.79 Å². The maximum Gasteiger partial charge on any atom is 0.251 e. The first-order valence-corrected chi connectivity index (χ1v) is 8.14. The van der Waals surface area contributed by atoms with E-state index in [1.807, 2.05) is 32.0 Å². The summed E-state index contributed by atoms with van der Waals surface area (Å²) in [5.74, 6) is 0.881. The lowest BCUT2D eigenvalue weighted by atomic mass is 10.0. The molecule has 1 saturated heterocycles. The third-order valence-corrected chi connectivity index (χ3v) is 4.32. The van der Waals surface area contributed by atoms with Crippen molar-refractivity contribution in [2.24, 2.45) is 5.92 Å². The van der Waals surface area contributed by atoms with Crippen LogP contribution in [0.3, 0.4) is 0 Å². The standard InChI is InChI=1S/C18H28N2O/c1-14-7-8-16(3)17(12-14)18(21)19-9-5-11-20-10-4-6-15(2)13-20/h7-8,12,15H,4-6,9-11,13H2,1-3H3,(H,19,21)/t15-/m1/s1. The predicted molar refractivity (Wildman–Crippen MR) is 87.7 cm³/mol. The molecule has 2 rings (SSSR count). The van der Waals surface area contributed by atoms with Gasteiger partial charge in [-0.25, -0.2) is 0 Å². The van der Waals surface area contributed by atoms with Crippen LogP contribution in [0.15, 0.2) is 18.2 Å². The summed E-state index contributed by atoms with van der Waals surface area (Å²) in [5.41, 5.74) is 2.98. The molecule has 1 amide bonds. The minimum Gasteiger partial charge on any atom is -0.352 e.